The number of rotatable bonds is 3. The van der Waals surface area contributed by atoms with Crippen molar-refractivity contribution < 1.29 is 0 Å². The Kier molecular flexibility index (Phi) is 3.53. The first-order valence-electron chi connectivity index (χ1n) is 4.98. The first-order valence-corrected chi connectivity index (χ1v) is 5.36. The number of aromatic nitrogens is 2. The predicted octanol–water partition coefficient (Wildman–Crippen LogP) is 2.61. The van der Waals surface area contributed by atoms with Crippen LogP contribution in [0.5, 0.6) is 0 Å². The van der Waals surface area contributed by atoms with E-state index in [9.17, 15) is 0 Å². The van der Waals surface area contributed by atoms with E-state index in [4.69, 9.17) is 16.9 Å². The standard InChI is InChI=1S/C12H9ClN4/c13-11-5-12(17-8-16-11)15-7-10-3-1-2-9(4-10)6-14/h1-5,8H,7H2,(H,15,16,17). The summed E-state index contributed by atoms with van der Waals surface area (Å²) in [6, 6.07) is 11.1. The van der Waals surface area contributed by atoms with Crippen LogP contribution in [0.3, 0.4) is 0 Å². The Labute approximate surface area is 104 Å². The second kappa shape index (κ2) is 5.28. The van der Waals surface area contributed by atoms with E-state index in [1.54, 1.807) is 12.1 Å². The van der Waals surface area contributed by atoms with Crippen LogP contribution in [0.15, 0.2) is 36.7 Å². The number of hydrogen-bond acceptors (Lipinski definition) is 4. The fourth-order valence-corrected chi connectivity index (χ4v) is 1.52. The van der Waals surface area contributed by atoms with Crippen molar-refractivity contribution in [3.8, 4) is 6.07 Å². The molecule has 0 aliphatic rings. The van der Waals surface area contributed by atoms with Crippen LogP contribution in [-0.4, -0.2) is 9.97 Å². The van der Waals surface area contributed by atoms with E-state index in [0.29, 0.717) is 23.1 Å². The van der Waals surface area contributed by atoms with Gasteiger partial charge >= 0.3 is 0 Å². The number of hydrogen-bond donors (Lipinski definition) is 1. The van der Waals surface area contributed by atoms with Gasteiger partial charge in [0.2, 0.25) is 0 Å². The largest absolute Gasteiger partial charge is 0.366 e. The summed E-state index contributed by atoms with van der Waals surface area (Å²) in [5, 5.41) is 12.3. The second-order valence-electron chi connectivity index (χ2n) is 3.39. The minimum Gasteiger partial charge on any atom is -0.366 e. The number of benzene rings is 1. The molecule has 84 valence electrons. The van der Waals surface area contributed by atoms with E-state index in [1.807, 2.05) is 18.2 Å². The molecular formula is C12H9ClN4. The van der Waals surface area contributed by atoms with Gasteiger partial charge in [-0.3, -0.25) is 0 Å². The summed E-state index contributed by atoms with van der Waals surface area (Å²) in [6.07, 6.45) is 1.40. The van der Waals surface area contributed by atoms with E-state index >= 15 is 0 Å². The molecule has 2 rings (SSSR count). The lowest BCUT2D eigenvalue weighted by Crippen LogP contribution is -2.01. The zero-order chi connectivity index (χ0) is 12.1. The maximum absolute atomic E-state index is 8.78. The Bertz CT molecular complexity index is 562. The first-order chi connectivity index (χ1) is 8.28. The Morgan fingerprint density at radius 1 is 1.29 bits per heavy atom. The lowest BCUT2D eigenvalue weighted by molar-refractivity contribution is 1.08. The molecule has 0 saturated heterocycles. The third-order valence-corrected chi connectivity index (χ3v) is 2.37. The van der Waals surface area contributed by atoms with Crippen molar-refractivity contribution in [2.45, 2.75) is 6.54 Å². The topological polar surface area (TPSA) is 61.6 Å². The van der Waals surface area contributed by atoms with Crippen LogP contribution in [0, 0.1) is 11.3 Å². The summed E-state index contributed by atoms with van der Waals surface area (Å²) < 4.78 is 0. The van der Waals surface area contributed by atoms with E-state index in [0.717, 1.165) is 5.56 Å². The zero-order valence-electron chi connectivity index (χ0n) is 8.89. The summed E-state index contributed by atoms with van der Waals surface area (Å²) in [5.41, 5.74) is 1.66. The van der Waals surface area contributed by atoms with Crippen molar-refractivity contribution in [1.82, 2.24) is 9.97 Å². The number of nitriles is 1. The van der Waals surface area contributed by atoms with Crippen LogP contribution in [0.2, 0.25) is 5.15 Å². The molecule has 4 nitrogen and oxygen atoms in total. The first kappa shape index (κ1) is 11.4. The molecule has 0 aliphatic heterocycles. The molecule has 0 spiro atoms. The van der Waals surface area contributed by atoms with Crippen LogP contribution in [0.25, 0.3) is 0 Å². The molecule has 0 saturated carbocycles. The van der Waals surface area contributed by atoms with E-state index in [2.05, 4.69) is 21.4 Å². The van der Waals surface area contributed by atoms with Crippen molar-refractivity contribution in [3.05, 3.63) is 52.9 Å². The van der Waals surface area contributed by atoms with Gasteiger partial charge in [-0.2, -0.15) is 5.26 Å². The van der Waals surface area contributed by atoms with Gasteiger partial charge in [0.25, 0.3) is 0 Å². The fourth-order valence-electron chi connectivity index (χ4n) is 1.37. The van der Waals surface area contributed by atoms with Gasteiger partial charge in [0.05, 0.1) is 11.6 Å². The summed E-state index contributed by atoms with van der Waals surface area (Å²) in [7, 11) is 0. The van der Waals surface area contributed by atoms with Crippen molar-refractivity contribution in [2.24, 2.45) is 0 Å². The molecule has 0 aliphatic carbocycles. The van der Waals surface area contributed by atoms with Crippen LogP contribution in [0.1, 0.15) is 11.1 Å². The summed E-state index contributed by atoms with van der Waals surface area (Å²) in [5.74, 6) is 0.660. The molecule has 1 N–H and O–H groups in total. The normalized spacial score (nSPS) is 9.65. The number of nitrogens with zero attached hydrogens (tertiary/aromatic N) is 3. The Morgan fingerprint density at radius 3 is 2.94 bits per heavy atom. The van der Waals surface area contributed by atoms with Gasteiger partial charge in [0.15, 0.2) is 0 Å². The molecule has 0 fully saturated rings. The smallest absolute Gasteiger partial charge is 0.134 e. The van der Waals surface area contributed by atoms with Crippen LogP contribution in [-0.2, 0) is 6.54 Å². The SMILES string of the molecule is N#Cc1cccc(CNc2cc(Cl)ncn2)c1. The van der Waals surface area contributed by atoms with Gasteiger partial charge in [-0.25, -0.2) is 9.97 Å². The van der Waals surface area contributed by atoms with Crippen LogP contribution in [0.4, 0.5) is 5.82 Å². The maximum atomic E-state index is 8.78. The van der Waals surface area contributed by atoms with E-state index in [-0.39, 0.29) is 0 Å². The molecule has 1 heterocycles. The highest BCUT2D eigenvalue weighted by Crippen LogP contribution is 2.11. The lowest BCUT2D eigenvalue weighted by Gasteiger charge is -2.05. The third-order valence-electron chi connectivity index (χ3n) is 2.16. The highest BCUT2D eigenvalue weighted by atomic mass is 35.5. The molecule has 0 radical (unpaired) electrons. The molecule has 2 aromatic rings. The molecule has 17 heavy (non-hydrogen) atoms. The predicted molar refractivity (Wildman–Crippen MR) is 65.5 cm³/mol. The van der Waals surface area contributed by atoms with Crippen molar-refractivity contribution >= 4 is 17.4 Å². The van der Waals surface area contributed by atoms with Gasteiger partial charge in [-0.05, 0) is 17.7 Å². The average molecular weight is 245 g/mol. The molecule has 5 heteroatoms. The molecule has 0 amide bonds. The van der Waals surface area contributed by atoms with Gasteiger partial charge in [0.1, 0.15) is 17.3 Å². The quantitative estimate of drug-likeness (QED) is 0.843. The van der Waals surface area contributed by atoms with Gasteiger partial charge in [-0.1, -0.05) is 23.7 Å². The number of nitrogens with one attached hydrogen (secondary N) is 1. The molecule has 0 atom stereocenters. The van der Waals surface area contributed by atoms with Gasteiger partial charge in [0, 0.05) is 12.6 Å². The van der Waals surface area contributed by atoms with Crippen LogP contribution < -0.4 is 5.32 Å². The van der Waals surface area contributed by atoms with E-state index in [1.165, 1.54) is 6.33 Å². The monoisotopic (exact) mass is 244 g/mol. The Balaban J connectivity index is 2.05. The summed E-state index contributed by atoms with van der Waals surface area (Å²) in [6.45, 7) is 0.586. The second-order valence-corrected chi connectivity index (χ2v) is 3.78. The minimum atomic E-state index is 0.397. The maximum Gasteiger partial charge on any atom is 0.134 e. The molecule has 1 aromatic carbocycles. The van der Waals surface area contributed by atoms with Crippen LogP contribution >= 0.6 is 11.6 Å². The highest BCUT2D eigenvalue weighted by molar-refractivity contribution is 6.29. The zero-order valence-corrected chi connectivity index (χ0v) is 9.65. The number of halogens is 1. The molecular weight excluding hydrogens is 236 g/mol. The van der Waals surface area contributed by atoms with Gasteiger partial charge < -0.3 is 5.32 Å². The fraction of sp³-hybridized carbons (Fsp3) is 0.0833. The minimum absolute atomic E-state index is 0.397. The van der Waals surface area contributed by atoms with Crippen molar-refractivity contribution in [2.75, 3.05) is 5.32 Å². The summed E-state index contributed by atoms with van der Waals surface area (Å²) >= 11 is 5.74. The number of anilines is 1. The third kappa shape index (κ3) is 3.16. The van der Waals surface area contributed by atoms with Crippen molar-refractivity contribution in [3.63, 3.8) is 0 Å². The molecule has 1 aromatic heterocycles. The van der Waals surface area contributed by atoms with Gasteiger partial charge in [-0.15, -0.1) is 0 Å². The van der Waals surface area contributed by atoms with Crippen molar-refractivity contribution in [1.29, 1.82) is 5.26 Å². The Morgan fingerprint density at radius 2 is 2.18 bits per heavy atom. The highest BCUT2D eigenvalue weighted by Gasteiger charge is 1.98. The molecule has 0 bridgehead atoms. The Hall–Kier alpha value is -2.12. The lowest BCUT2D eigenvalue weighted by atomic mass is 10.1. The average Bonchev–Trinajstić information content (AvgIpc) is 2.37. The summed E-state index contributed by atoms with van der Waals surface area (Å²) in [4.78, 5) is 7.82. The molecule has 0 unspecified atom stereocenters. The van der Waals surface area contributed by atoms with E-state index < -0.39 is 0 Å².